The Morgan fingerprint density at radius 3 is 2.75 bits per heavy atom. The predicted molar refractivity (Wildman–Crippen MR) is 64.0 cm³/mol. The molecule has 0 spiro atoms. The molecular formula is C9H14N2O3S2. The fraction of sp³-hybridized carbons (Fsp3) is 0.778. The summed E-state index contributed by atoms with van der Waals surface area (Å²) in [5, 5.41) is 3.90. The molecule has 2 aliphatic rings. The van der Waals surface area contributed by atoms with E-state index in [1.165, 1.54) is 5.06 Å². The van der Waals surface area contributed by atoms with Crippen LogP contribution < -0.4 is 5.32 Å². The number of nitrogens with one attached hydrogen (secondary N) is 1. The number of hydrogen-bond donors (Lipinski definition) is 1. The lowest BCUT2D eigenvalue weighted by atomic mass is 10.3. The molecular weight excluding hydrogens is 248 g/mol. The molecule has 2 rings (SSSR count). The zero-order chi connectivity index (χ0) is 11.5. The van der Waals surface area contributed by atoms with Gasteiger partial charge in [-0.3, -0.25) is 14.4 Å². The Labute approximate surface area is 103 Å². The topological polar surface area (TPSA) is 58.6 Å². The molecule has 0 aromatic heterocycles. The Bertz CT molecular complexity index is 294. The summed E-state index contributed by atoms with van der Waals surface area (Å²) in [5.74, 6) is 1.78. The number of likely N-dealkylation sites (N-methyl/N-ethyl adjacent to an activating group) is 1. The maximum atomic E-state index is 11.8. The van der Waals surface area contributed by atoms with E-state index in [4.69, 9.17) is 4.84 Å². The standard InChI is InChI=1S/C9H14N2O3S2/c1-11-8(13)6(5-14-11)10-7(12)9-15-3-2-4-16-9/h6,9H,2-5H2,1H3,(H,10,12). The first kappa shape index (κ1) is 12.1. The molecule has 2 heterocycles. The maximum Gasteiger partial charge on any atom is 0.270 e. The van der Waals surface area contributed by atoms with Crippen molar-refractivity contribution in [3.63, 3.8) is 0 Å². The maximum absolute atomic E-state index is 11.8. The fourth-order valence-electron chi connectivity index (χ4n) is 1.52. The lowest BCUT2D eigenvalue weighted by Gasteiger charge is -2.21. The molecule has 0 radical (unpaired) electrons. The van der Waals surface area contributed by atoms with Crippen molar-refractivity contribution in [2.45, 2.75) is 17.0 Å². The zero-order valence-corrected chi connectivity index (χ0v) is 10.6. The molecule has 0 bridgehead atoms. The number of amides is 2. The van der Waals surface area contributed by atoms with Gasteiger partial charge in [0.15, 0.2) is 0 Å². The van der Waals surface area contributed by atoms with Crippen LogP contribution in [0.15, 0.2) is 0 Å². The average molecular weight is 262 g/mol. The second-order valence-electron chi connectivity index (χ2n) is 3.62. The minimum Gasteiger partial charge on any atom is -0.340 e. The molecule has 90 valence electrons. The number of nitrogens with zero attached hydrogens (tertiary/aromatic N) is 1. The number of carbonyl (C=O) groups is 2. The van der Waals surface area contributed by atoms with Gasteiger partial charge in [-0.1, -0.05) is 0 Å². The summed E-state index contributed by atoms with van der Waals surface area (Å²) in [6.07, 6.45) is 1.15. The van der Waals surface area contributed by atoms with Gasteiger partial charge in [-0.15, -0.1) is 23.5 Å². The molecule has 0 aliphatic carbocycles. The van der Waals surface area contributed by atoms with E-state index in [1.54, 1.807) is 30.6 Å². The number of carbonyl (C=O) groups excluding carboxylic acids is 2. The van der Waals surface area contributed by atoms with E-state index >= 15 is 0 Å². The van der Waals surface area contributed by atoms with Crippen molar-refractivity contribution in [1.82, 2.24) is 10.4 Å². The largest absolute Gasteiger partial charge is 0.340 e. The van der Waals surface area contributed by atoms with Gasteiger partial charge in [-0.05, 0) is 17.9 Å². The van der Waals surface area contributed by atoms with Gasteiger partial charge in [0.05, 0.1) is 0 Å². The molecule has 2 amide bonds. The highest BCUT2D eigenvalue weighted by Crippen LogP contribution is 2.30. The van der Waals surface area contributed by atoms with E-state index in [2.05, 4.69) is 5.32 Å². The molecule has 0 aromatic rings. The van der Waals surface area contributed by atoms with Crippen LogP contribution in [0.4, 0.5) is 0 Å². The Hall–Kier alpha value is -0.400. The molecule has 1 unspecified atom stereocenters. The fourth-order valence-corrected chi connectivity index (χ4v) is 4.16. The molecule has 1 N–H and O–H groups in total. The summed E-state index contributed by atoms with van der Waals surface area (Å²) in [7, 11) is 1.55. The second-order valence-corrected chi connectivity index (χ2v) is 6.34. The van der Waals surface area contributed by atoms with E-state index < -0.39 is 6.04 Å². The van der Waals surface area contributed by atoms with Gasteiger partial charge in [-0.25, -0.2) is 5.06 Å². The summed E-state index contributed by atoms with van der Waals surface area (Å²) >= 11 is 3.28. The van der Waals surface area contributed by atoms with E-state index in [9.17, 15) is 9.59 Å². The Morgan fingerprint density at radius 1 is 1.50 bits per heavy atom. The first-order valence-electron chi connectivity index (χ1n) is 5.12. The first-order chi connectivity index (χ1) is 7.68. The predicted octanol–water partition coefficient (Wildman–Crippen LogP) is 0.0710. The molecule has 1 atom stereocenters. The van der Waals surface area contributed by atoms with Crippen molar-refractivity contribution in [3.05, 3.63) is 0 Å². The number of hydroxylamine groups is 2. The Morgan fingerprint density at radius 2 is 2.19 bits per heavy atom. The number of thioether (sulfide) groups is 2. The van der Waals surface area contributed by atoms with E-state index in [-0.39, 0.29) is 23.0 Å². The summed E-state index contributed by atoms with van der Waals surface area (Å²) in [6, 6.07) is -0.513. The minimum atomic E-state index is -0.513. The van der Waals surface area contributed by atoms with E-state index in [0.717, 1.165) is 17.9 Å². The van der Waals surface area contributed by atoms with Crippen molar-refractivity contribution in [2.24, 2.45) is 0 Å². The average Bonchev–Trinajstić information content (AvgIpc) is 2.62. The van der Waals surface area contributed by atoms with Crippen molar-refractivity contribution < 1.29 is 14.4 Å². The van der Waals surface area contributed by atoms with Crippen LogP contribution >= 0.6 is 23.5 Å². The van der Waals surface area contributed by atoms with Crippen LogP contribution in [0, 0.1) is 0 Å². The molecule has 2 fully saturated rings. The van der Waals surface area contributed by atoms with E-state index in [0.29, 0.717) is 0 Å². The summed E-state index contributed by atoms with van der Waals surface area (Å²) in [4.78, 5) is 28.3. The van der Waals surface area contributed by atoms with Gasteiger partial charge in [0.25, 0.3) is 5.91 Å². The highest BCUT2D eigenvalue weighted by atomic mass is 32.2. The van der Waals surface area contributed by atoms with Crippen LogP contribution in [0.1, 0.15) is 6.42 Å². The highest BCUT2D eigenvalue weighted by molar-refractivity contribution is 8.18. The van der Waals surface area contributed by atoms with Crippen molar-refractivity contribution in [2.75, 3.05) is 25.2 Å². The quantitative estimate of drug-likeness (QED) is 0.763. The van der Waals surface area contributed by atoms with Crippen LogP contribution in [0.3, 0.4) is 0 Å². The van der Waals surface area contributed by atoms with Gasteiger partial charge in [-0.2, -0.15) is 0 Å². The molecule has 0 saturated carbocycles. The van der Waals surface area contributed by atoms with Crippen LogP contribution in [0.2, 0.25) is 0 Å². The van der Waals surface area contributed by atoms with Crippen LogP contribution in [0.25, 0.3) is 0 Å². The van der Waals surface area contributed by atoms with Crippen molar-refractivity contribution >= 4 is 35.3 Å². The van der Waals surface area contributed by atoms with Crippen LogP contribution in [-0.4, -0.2) is 52.7 Å². The van der Waals surface area contributed by atoms with E-state index in [1.807, 2.05) is 0 Å². The minimum absolute atomic E-state index is 0.0630. The summed E-state index contributed by atoms with van der Waals surface area (Å²) in [6.45, 7) is 0.239. The zero-order valence-electron chi connectivity index (χ0n) is 8.97. The number of hydrogen-bond acceptors (Lipinski definition) is 5. The second kappa shape index (κ2) is 5.29. The first-order valence-corrected chi connectivity index (χ1v) is 7.22. The summed E-state index contributed by atoms with van der Waals surface area (Å²) < 4.78 is -0.0764. The SMILES string of the molecule is CN1OCC(NC(=O)C2SCCCS2)C1=O. The van der Waals surface area contributed by atoms with Gasteiger partial charge in [0.1, 0.15) is 17.2 Å². The van der Waals surface area contributed by atoms with Gasteiger partial charge < -0.3 is 5.32 Å². The third kappa shape index (κ3) is 2.64. The smallest absolute Gasteiger partial charge is 0.270 e. The normalized spacial score (nSPS) is 27.2. The highest BCUT2D eigenvalue weighted by Gasteiger charge is 2.34. The lowest BCUT2D eigenvalue weighted by Crippen LogP contribution is -2.45. The monoisotopic (exact) mass is 262 g/mol. The Balaban J connectivity index is 1.84. The van der Waals surface area contributed by atoms with Gasteiger partial charge >= 0.3 is 0 Å². The van der Waals surface area contributed by atoms with Gasteiger partial charge in [0, 0.05) is 7.05 Å². The van der Waals surface area contributed by atoms with Crippen molar-refractivity contribution in [1.29, 1.82) is 0 Å². The molecule has 2 aliphatic heterocycles. The third-order valence-electron chi connectivity index (χ3n) is 2.40. The third-order valence-corrected chi connectivity index (χ3v) is 5.30. The van der Waals surface area contributed by atoms with Gasteiger partial charge in [0.2, 0.25) is 5.91 Å². The Kier molecular flexibility index (Phi) is 3.99. The summed E-state index contributed by atoms with van der Waals surface area (Å²) in [5.41, 5.74) is 0. The molecule has 2 saturated heterocycles. The van der Waals surface area contributed by atoms with Crippen molar-refractivity contribution in [3.8, 4) is 0 Å². The number of rotatable bonds is 2. The molecule has 5 nitrogen and oxygen atoms in total. The molecule has 7 heteroatoms. The lowest BCUT2D eigenvalue weighted by molar-refractivity contribution is -0.154. The molecule has 16 heavy (non-hydrogen) atoms. The van der Waals surface area contributed by atoms with Crippen LogP contribution in [-0.2, 0) is 14.4 Å². The molecule has 0 aromatic carbocycles. The van der Waals surface area contributed by atoms with Crippen LogP contribution in [0.5, 0.6) is 0 Å².